The first-order valence-corrected chi connectivity index (χ1v) is 10.3. The van der Waals surface area contributed by atoms with Gasteiger partial charge in [-0.3, -0.25) is 5.32 Å². The van der Waals surface area contributed by atoms with Crippen molar-refractivity contribution in [2.24, 2.45) is 0 Å². The Balaban J connectivity index is 2.13. The van der Waals surface area contributed by atoms with E-state index in [-0.39, 0.29) is 26.2 Å². The molecule has 2 N–H and O–H groups in total. The maximum Gasteiger partial charge on any atom is 0.412 e. The molecule has 0 radical (unpaired) electrons. The number of nitrogens with one attached hydrogen (secondary N) is 1. The van der Waals surface area contributed by atoms with Crippen molar-refractivity contribution in [2.75, 3.05) is 32.2 Å². The molecule has 2 rings (SSSR count). The highest BCUT2D eigenvalue weighted by Gasteiger charge is 2.17. The Kier molecular flexibility index (Phi) is 10.1. The molecule has 8 nitrogen and oxygen atoms in total. The maximum atomic E-state index is 12.5. The molecule has 0 saturated heterocycles. The lowest BCUT2D eigenvalue weighted by molar-refractivity contribution is -0.138. The third-order valence-electron chi connectivity index (χ3n) is 4.43. The lowest BCUT2D eigenvalue weighted by atomic mass is 10.0. The Morgan fingerprint density at radius 2 is 1.72 bits per heavy atom. The van der Waals surface area contributed by atoms with E-state index in [0.717, 1.165) is 5.56 Å². The first-order valence-electron chi connectivity index (χ1n) is 10.3. The number of benzene rings is 2. The second-order valence-corrected chi connectivity index (χ2v) is 6.73. The molecule has 0 bridgehead atoms. The molecule has 0 heterocycles. The van der Waals surface area contributed by atoms with E-state index in [1.54, 1.807) is 75.6 Å². The van der Waals surface area contributed by atoms with Crippen molar-refractivity contribution < 1.29 is 33.6 Å². The quantitative estimate of drug-likeness (QED) is 0.395. The number of carbonyl (C=O) groups excluding carboxylic acids is 2. The highest BCUT2D eigenvalue weighted by molar-refractivity contribution is 5.87. The van der Waals surface area contributed by atoms with E-state index in [1.807, 2.05) is 0 Å². The van der Waals surface area contributed by atoms with E-state index < -0.39 is 18.2 Å². The van der Waals surface area contributed by atoms with Gasteiger partial charge in [0.1, 0.15) is 24.2 Å². The fourth-order valence-electron chi connectivity index (χ4n) is 2.76. The summed E-state index contributed by atoms with van der Waals surface area (Å²) < 4.78 is 21.1. The monoisotopic (exact) mass is 443 g/mol. The van der Waals surface area contributed by atoms with Crippen molar-refractivity contribution in [2.45, 2.75) is 26.4 Å². The zero-order valence-corrected chi connectivity index (χ0v) is 18.5. The van der Waals surface area contributed by atoms with Crippen molar-refractivity contribution in [3.63, 3.8) is 0 Å². The molecule has 2 aromatic carbocycles. The van der Waals surface area contributed by atoms with Crippen LogP contribution in [-0.4, -0.2) is 44.1 Å². The number of amides is 1. The van der Waals surface area contributed by atoms with E-state index in [9.17, 15) is 9.59 Å². The topological polar surface area (TPSA) is 103 Å². The van der Waals surface area contributed by atoms with Gasteiger partial charge < -0.3 is 24.1 Å². The van der Waals surface area contributed by atoms with Crippen LogP contribution in [0.25, 0.3) is 0 Å². The van der Waals surface area contributed by atoms with Crippen LogP contribution < -0.4 is 14.8 Å². The van der Waals surface area contributed by atoms with Crippen LogP contribution in [0, 0.1) is 0 Å². The van der Waals surface area contributed by atoms with Crippen LogP contribution in [0.2, 0.25) is 0 Å². The number of esters is 1. The Morgan fingerprint density at radius 3 is 2.31 bits per heavy atom. The maximum absolute atomic E-state index is 12.5. The molecule has 2 aromatic rings. The van der Waals surface area contributed by atoms with Gasteiger partial charge in [0.2, 0.25) is 0 Å². The van der Waals surface area contributed by atoms with Crippen molar-refractivity contribution in [1.82, 2.24) is 0 Å². The second-order valence-electron chi connectivity index (χ2n) is 6.73. The van der Waals surface area contributed by atoms with Gasteiger partial charge in [-0.25, -0.2) is 9.59 Å². The number of anilines is 1. The van der Waals surface area contributed by atoms with Gasteiger partial charge in [0, 0.05) is 17.7 Å². The fourth-order valence-corrected chi connectivity index (χ4v) is 2.76. The summed E-state index contributed by atoms with van der Waals surface area (Å²) in [5.74, 6) is 0.842. The molecule has 1 amide bonds. The number of carbonyl (C=O) groups is 2. The summed E-state index contributed by atoms with van der Waals surface area (Å²) in [4.78, 5) is 24.4. The highest BCUT2D eigenvalue weighted by Crippen LogP contribution is 2.26. The van der Waals surface area contributed by atoms with E-state index >= 15 is 0 Å². The summed E-state index contributed by atoms with van der Waals surface area (Å²) in [7, 11) is 1.56. The SMILES string of the molecule is CCOC(=O)/C(C)=C/C[C@@H](OC(=O)Nc1ccc(OC)cc1)c1ccc(OCCO)cc1. The smallest absolute Gasteiger partial charge is 0.412 e. The summed E-state index contributed by atoms with van der Waals surface area (Å²) in [6.45, 7) is 3.77. The first kappa shape index (κ1) is 24.7. The molecule has 172 valence electrons. The zero-order valence-electron chi connectivity index (χ0n) is 18.5. The molecule has 1 atom stereocenters. The number of methoxy groups -OCH3 is 1. The average Bonchev–Trinajstić information content (AvgIpc) is 2.81. The number of aliphatic hydroxyl groups excluding tert-OH is 1. The summed E-state index contributed by atoms with van der Waals surface area (Å²) in [6, 6.07) is 13.8. The Labute approximate surface area is 187 Å². The minimum absolute atomic E-state index is 0.0864. The van der Waals surface area contributed by atoms with E-state index in [1.165, 1.54) is 0 Å². The van der Waals surface area contributed by atoms with Crippen LogP contribution in [0.3, 0.4) is 0 Å². The van der Waals surface area contributed by atoms with Crippen LogP contribution in [0.4, 0.5) is 10.5 Å². The molecule has 0 fully saturated rings. The van der Waals surface area contributed by atoms with Gasteiger partial charge in [-0.2, -0.15) is 0 Å². The molecule has 0 unspecified atom stereocenters. The Bertz CT molecular complexity index is 892. The molecule has 0 aliphatic heterocycles. The molecule has 0 aromatic heterocycles. The number of rotatable bonds is 11. The first-order chi connectivity index (χ1) is 15.5. The van der Waals surface area contributed by atoms with E-state index in [2.05, 4.69) is 5.32 Å². The van der Waals surface area contributed by atoms with Gasteiger partial charge in [0.05, 0.1) is 20.3 Å². The summed E-state index contributed by atoms with van der Waals surface area (Å²) in [5, 5.41) is 11.6. The second kappa shape index (κ2) is 13.0. The van der Waals surface area contributed by atoms with Gasteiger partial charge in [-0.05, 0) is 55.8 Å². The molecular weight excluding hydrogens is 414 g/mol. The van der Waals surface area contributed by atoms with Crippen molar-refractivity contribution in [1.29, 1.82) is 0 Å². The van der Waals surface area contributed by atoms with Gasteiger partial charge in [-0.1, -0.05) is 18.2 Å². The van der Waals surface area contributed by atoms with Crippen LogP contribution >= 0.6 is 0 Å². The third-order valence-corrected chi connectivity index (χ3v) is 4.43. The number of aliphatic hydroxyl groups is 1. The molecule has 32 heavy (non-hydrogen) atoms. The molecule has 0 saturated carbocycles. The number of hydrogen-bond acceptors (Lipinski definition) is 7. The van der Waals surface area contributed by atoms with Crippen LogP contribution in [0.15, 0.2) is 60.2 Å². The molecular formula is C24H29NO7. The summed E-state index contributed by atoms with van der Waals surface area (Å²) in [6.07, 6.45) is 0.671. The Hall–Kier alpha value is -3.52. The van der Waals surface area contributed by atoms with E-state index in [4.69, 9.17) is 24.1 Å². The fraction of sp³-hybridized carbons (Fsp3) is 0.333. The average molecular weight is 443 g/mol. The van der Waals surface area contributed by atoms with E-state index in [0.29, 0.717) is 22.8 Å². The van der Waals surface area contributed by atoms with Crippen LogP contribution in [-0.2, 0) is 14.3 Å². The lowest BCUT2D eigenvalue weighted by Crippen LogP contribution is -2.17. The van der Waals surface area contributed by atoms with Crippen molar-refractivity contribution in [3.05, 3.63) is 65.7 Å². The third kappa shape index (κ3) is 7.96. The zero-order chi connectivity index (χ0) is 23.3. The number of ether oxygens (including phenoxy) is 4. The number of hydrogen-bond donors (Lipinski definition) is 2. The van der Waals surface area contributed by atoms with Gasteiger partial charge in [0.25, 0.3) is 0 Å². The predicted molar refractivity (Wildman–Crippen MR) is 120 cm³/mol. The normalized spacial score (nSPS) is 11.9. The minimum Gasteiger partial charge on any atom is -0.497 e. The molecule has 0 aliphatic carbocycles. The molecule has 0 aliphatic rings. The lowest BCUT2D eigenvalue weighted by Gasteiger charge is -2.18. The van der Waals surface area contributed by atoms with Gasteiger partial charge in [-0.15, -0.1) is 0 Å². The van der Waals surface area contributed by atoms with Gasteiger partial charge >= 0.3 is 12.1 Å². The van der Waals surface area contributed by atoms with Crippen LogP contribution in [0.1, 0.15) is 31.9 Å². The predicted octanol–water partition coefficient (Wildman–Crippen LogP) is 4.26. The van der Waals surface area contributed by atoms with Gasteiger partial charge in [0.15, 0.2) is 0 Å². The van der Waals surface area contributed by atoms with Crippen LogP contribution in [0.5, 0.6) is 11.5 Å². The summed E-state index contributed by atoms with van der Waals surface area (Å²) in [5.41, 5.74) is 1.71. The summed E-state index contributed by atoms with van der Waals surface area (Å²) >= 11 is 0. The van der Waals surface area contributed by atoms with Crippen molar-refractivity contribution >= 4 is 17.7 Å². The Morgan fingerprint density at radius 1 is 1.06 bits per heavy atom. The highest BCUT2D eigenvalue weighted by atomic mass is 16.6. The molecule has 8 heteroatoms. The van der Waals surface area contributed by atoms with Crippen molar-refractivity contribution in [3.8, 4) is 11.5 Å². The largest absolute Gasteiger partial charge is 0.497 e. The minimum atomic E-state index is -0.649. The standard InChI is InChI=1S/C24H29NO7/c1-4-30-23(27)17(2)5-14-22(18-6-10-21(11-7-18)31-16-15-26)32-24(28)25-19-8-12-20(29-3)13-9-19/h5-13,22,26H,4,14-16H2,1-3H3,(H,25,28)/b17-5+/t22-/m1/s1. The molecule has 0 spiro atoms.